The molecule has 0 bridgehead atoms. The molecule has 0 radical (unpaired) electrons. The molecule has 0 unspecified atom stereocenters. The van der Waals surface area contributed by atoms with Crippen LogP contribution in [0.25, 0.3) is 10.8 Å². The number of hydrogen-bond donors (Lipinski definition) is 2. The van der Waals surface area contributed by atoms with Gasteiger partial charge in [0.25, 0.3) is 0 Å². The molecule has 1 saturated heterocycles. The van der Waals surface area contributed by atoms with Crippen molar-refractivity contribution in [2.24, 2.45) is 4.99 Å². The largest absolute Gasteiger partial charge is 0.357 e. The van der Waals surface area contributed by atoms with Gasteiger partial charge in [-0.2, -0.15) is 0 Å². The van der Waals surface area contributed by atoms with Gasteiger partial charge in [0.2, 0.25) is 10.0 Å². The molecular formula is C22H32N4O2S. The number of nitrogens with one attached hydrogen (secondary N) is 2. The Bertz CT molecular complexity index is 929. The molecule has 1 aliphatic rings. The third-order valence-electron chi connectivity index (χ3n) is 5.43. The molecule has 0 saturated carbocycles. The molecule has 2 aromatic carbocycles. The second-order valence-electron chi connectivity index (χ2n) is 7.37. The van der Waals surface area contributed by atoms with Gasteiger partial charge in [0.15, 0.2) is 5.96 Å². The standard InChI is InChI=1S/C22H32N4O2S/c1-3-23-22(25-20-13-16-26(17-14-20)29(27,28)4-2)24-15-12-19-10-7-9-18-8-5-6-11-21(18)19/h5-11,20H,3-4,12-17H2,1-2H3,(H2,23,24,25). The van der Waals surface area contributed by atoms with Gasteiger partial charge in [0.1, 0.15) is 0 Å². The zero-order valence-corrected chi connectivity index (χ0v) is 18.2. The molecule has 2 aromatic rings. The summed E-state index contributed by atoms with van der Waals surface area (Å²) in [5, 5.41) is 9.34. The van der Waals surface area contributed by atoms with Gasteiger partial charge in [-0.1, -0.05) is 42.5 Å². The molecule has 2 N–H and O–H groups in total. The maximum atomic E-state index is 12.0. The lowest BCUT2D eigenvalue weighted by atomic mass is 10.0. The Labute approximate surface area is 174 Å². The van der Waals surface area contributed by atoms with Gasteiger partial charge in [-0.25, -0.2) is 12.7 Å². The summed E-state index contributed by atoms with van der Waals surface area (Å²) in [4.78, 5) is 4.76. The Morgan fingerprint density at radius 1 is 1.10 bits per heavy atom. The Hall–Kier alpha value is -2.12. The molecule has 158 valence electrons. The predicted molar refractivity (Wildman–Crippen MR) is 121 cm³/mol. The minimum absolute atomic E-state index is 0.170. The van der Waals surface area contributed by atoms with Crippen molar-refractivity contribution >= 4 is 26.8 Å². The summed E-state index contributed by atoms with van der Waals surface area (Å²) in [5.74, 6) is 0.980. The van der Waals surface area contributed by atoms with Crippen molar-refractivity contribution in [3.05, 3.63) is 48.0 Å². The lowest BCUT2D eigenvalue weighted by Crippen LogP contribution is -2.50. The average Bonchev–Trinajstić information content (AvgIpc) is 2.74. The summed E-state index contributed by atoms with van der Waals surface area (Å²) in [7, 11) is -3.09. The molecule has 29 heavy (non-hydrogen) atoms. The highest BCUT2D eigenvalue weighted by Crippen LogP contribution is 2.19. The molecule has 6 nitrogen and oxygen atoms in total. The van der Waals surface area contributed by atoms with Crippen LogP contribution in [0.3, 0.4) is 0 Å². The number of aliphatic imine (C=N–C) groups is 1. The van der Waals surface area contributed by atoms with Crippen molar-refractivity contribution in [2.45, 2.75) is 39.2 Å². The van der Waals surface area contributed by atoms with Gasteiger partial charge in [-0.15, -0.1) is 0 Å². The SMILES string of the molecule is CCNC(=NCCc1cccc2ccccc12)NC1CCN(S(=O)(=O)CC)CC1. The lowest BCUT2D eigenvalue weighted by Gasteiger charge is -2.32. The average molecular weight is 417 g/mol. The number of fused-ring (bicyclic) bond motifs is 1. The van der Waals surface area contributed by atoms with Crippen LogP contribution in [0, 0.1) is 0 Å². The fraction of sp³-hybridized carbons (Fsp3) is 0.500. The molecule has 3 rings (SSSR count). The number of hydrogen-bond acceptors (Lipinski definition) is 3. The highest BCUT2D eigenvalue weighted by molar-refractivity contribution is 7.89. The first-order valence-electron chi connectivity index (χ1n) is 10.5. The van der Waals surface area contributed by atoms with E-state index < -0.39 is 10.0 Å². The van der Waals surface area contributed by atoms with E-state index in [4.69, 9.17) is 4.99 Å². The Morgan fingerprint density at radius 3 is 2.55 bits per heavy atom. The Morgan fingerprint density at radius 2 is 1.83 bits per heavy atom. The van der Waals surface area contributed by atoms with Crippen LogP contribution in [0.4, 0.5) is 0 Å². The van der Waals surface area contributed by atoms with E-state index in [9.17, 15) is 8.42 Å². The number of sulfonamides is 1. The zero-order valence-electron chi connectivity index (χ0n) is 17.4. The van der Waals surface area contributed by atoms with Crippen LogP contribution < -0.4 is 10.6 Å². The summed E-state index contributed by atoms with van der Waals surface area (Å²) in [5.41, 5.74) is 1.31. The fourth-order valence-corrected chi connectivity index (χ4v) is 4.91. The topological polar surface area (TPSA) is 73.8 Å². The van der Waals surface area contributed by atoms with E-state index in [1.54, 1.807) is 11.2 Å². The first kappa shape index (κ1) is 21.6. The van der Waals surface area contributed by atoms with E-state index in [2.05, 4.69) is 60.0 Å². The first-order valence-corrected chi connectivity index (χ1v) is 12.1. The second kappa shape index (κ2) is 10.1. The number of rotatable bonds is 7. The van der Waals surface area contributed by atoms with Crippen LogP contribution >= 0.6 is 0 Å². The van der Waals surface area contributed by atoms with Crippen LogP contribution in [0.1, 0.15) is 32.3 Å². The molecule has 1 aliphatic heterocycles. The van der Waals surface area contributed by atoms with Crippen molar-refractivity contribution in [3.8, 4) is 0 Å². The van der Waals surface area contributed by atoms with Crippen LogP contribution in [-0.2, 0) is 16.4 Å². The van der Waals surface area contributed by atoms with Gasteiger partial charge in [-0.3, -0.25) is 4.99 Å². The van der Waals surface area contributed by atoms with Crippen LogP contribution in [0.2, 0.25) is 0 Å². The van der Waals surface area contributed by atoms with E-state index >= 15 is 0 Å². The Balaban J connectivity index is 1.58. The lowest BCUT2D eigenvalue weighted by molar-refractivity contribution is 0.306. The normalized spacial score (nSPS) is 16.8. The van der Waals surface area contributed by atoms with Crippen LogP contribution in [0.15, 0.2) is 47.5 Å². The van der Waals surface area contributed by atoms with E-state index in [-0.39, 0.29) is 11.8 Å². The summed E-state index contributed by atoms with van der Waals surface area (Å²) < 4.78 is 25.7. The molecule has 7 heteroatoms. The molecule has 0 aliphatic carbocycles. The number of nitrogens with zero attached hydrogens (tertiary/aromatic N) is 2. The minimum atomic E-state index is -3.09. The van der Waals surface area contributed by atoms with Crippen molar-refractivity contribution < 1.29 is 8.42 Å². The van der Waals surface area contributed by atoms with E-state index in [0.717, 1.165) is 31.8 Å². The third-order valence-corrected chi connectivity index (χ3v) is 7.31. The summed E-state index contributed by atoms with van der Waals surface area (Å²) in [6, 6.07) is 15.1. The maximum absolute atomic E-state index is 12.0. The number of guanidine groups is 1. The van der Waals surface area contributed by atoms with Crippen molar-refractivity contribution in [1.82, 2.24) is 14.9 Å². The van der Waals surface area contributed by atoms with Gasteiger partial charge in [-0.05, 0) is 49.4 Å². The van der Waals surface area contributed by atoms with Gasteiger partial charge < -0.3 is 10.6 Å². The van der Waals surface area contributed by atoms with E-state index in [1.165, 1.54) is 16.3 Å². The Kier molecular flexibility index (Phi) is 7.50. The monoisotopic (exact) mass is 416 g/mol. The number of benzene rings is 2. The van der Waals surface area contributed by atoms with Crippen molar-refractivity contribution in [2.75, 3.05) is 31.9 Å². The van der Waals surface area contributed by atoms with E-state index in [0.29, 0.717) is 19.6 Å². The van der Waals surface area contributed by atoms with Gasteiger partial charge in [0.05, 0.1) is 5.75 Å². The van der Waals surface area contributed by atoms with Crippen molar-refractivity contribution in [3.63, 3.8) is 0 Å². The minimum Gasteiger partial charge on any atom is -0.357 e. The zero-order chi connectivity index (χ0) is 20.7. The summed E-state index contributed by atoms with van der Waals surface area (Å²) in [6.07, 6.45) is 2.48. The molecule has 0 aromatic heterocycles. The molecule has 1 fully saturated rings. The highest BCUT2D eigenvalue weighted by atomic mass is 32.2. The molecule has 0 amide bonds. The van der Waals surface area contributed by atoms with Gasteiger partial charge >= 0.3 is 0 Å². The van der Waals surface area contributed by atoms with Crippen molar-refractivity contribution in [1.29, 1.82) is 0 Å². The van der Waals surface area contributed by atoms with Gasteiger partial charge in [0, 0.05) is 32.2 Å². The summed E-state index contributed by atoms with van der Waals surface area (Å²) in [6.45, 7) is 6.39. The van der Waals surface area contributed by atoms with Crippen LogP contribution in [-0.4, -0.2) is 56.7 Å². The quantitative estimate of drug-likeness (QED) is 0.538. The molecule has 1 heterocycles. The molecule has 0 spiro atoms. The molecule has 0 atom stereocenters. The highest BCUT2D eigenvalue weighted by Gasteiger charge is 2.26. The second-order valence-corrected chi connectivity index (χ2v) is 9.62. The maximum Gasteiger partial charge on any atom is 0.213 e. The van der Waals surface area contributed by atoms with E-state index in [1.807, 2.05) is 0 Å². The third kappa shape index (κ3) is 5.70. The predicted octanol–water partition coefficient (Wildman–Crippen LogP) is 2.75. The fourth-order valence-electron chi connectivity index (χ4n) is 3.77. The summed E-state index contributed by atoms with van der Waals surface area (Å²) >= 11 is 0. The number of piperidine rings is 1. The van der Waals surface area contributed by atoms with Crippen LogP contribution in [0.5, 0.6) is 0 Å². The smallest absolute Gasteiger partial charge is 0.213 e. The molecular weight excluding hydrogens is 384 g/mol. The first-order chi connectivity index (χ1) is 14.0.